The van der Waals surface area contributed by atoms with Crippen LogP contribution in [0.2, 0.25) is 0 Å². The predicted octanol–water partition coefficient (Wildman–Crippen LogP) is 1.92. The summed E-state index contributed by atoms with van der Waals surface area (Å²) in [4.78, 5) is 18.7. The van der Waals surface area contributed by atoms with E-state index in [1.165, 1.54) is 12.1 Å². The number of hydrogen-bond acceptors (Lipinski definition) is 4. The smallest absolute Gasteiger partial charge is 0.335 e. The molecule has 0 unspecified atom stereocenters. The maximum Gasteiger partial charge on any atom is 0.335 e. The number of carboxylic acid groups (broad SMARTS) is 1. The van der Waals surface area contributed by atoms with Crippen LogP contribution in [-0.2, 0) is 0 Å². The summed E-state index contributed by atoms with van der Waals surface area (Å²) >= 11 is 0. The SMILES string of the molecule is O=C(O)c1cccc(Nc2ncccn2)c1. The van der Waals surface area contributed by atoms with E-state index in [0.717, 1.165) is 0 Å². The first-order chi connectivity index (χ1) is 7.75. The lowest BCUT2D eigenvalue weighted by atomic mass is 10.2. The Labute approximate surface area is 91.8 Å². The van der Waals surface area contributed by atoms with Crippen LogP contribution in [0.3, 0.4) is 0 Å². The molecular formula is C11H9N3O2. The van der Waals surface area contributed by atoms with Gasteiger partial charge in [0.25, 0.3) is 0 Å². The molecule has 5 heteroatoms. The van der Waals surface area contributed by atoms with Gasteiger partial charge >= 0.3 is 5.97 Å². The Hall–Kier alpha value is -2.43. The van der Waals surface area contributed by atoms with Crippen LogP contribution in [0.1, 0.15) is 10.4 Å². The molecule has 0 bridgehead atoms. The maximum atomic E-state index is 10.7. The topological polar surface area (TPSA) is 75.1 Å². The van der Waals surface area contributed by atoms with E-state index in [1.54, 1.807) is 30.6 Å². The zero-order valence-electron chi connectivity index (χ0n) is 8.29. The molecule has 2 rings (SSSR count). The summed E-state index contributed by atoms with van der Waals surface area (Å²) < 4.78 is 0. The molecule has 16 heavy (non-hydrogen) atoms. The van der Waals surface area contributed by atoms with E-state index in [9.17, 15) is 4.79 Å². The zero-order chi connectivity index (χ0) is 11.4. The first-order valence-electron chi connectivity index (χ1n) is 4.63. The fraction of sp³-hybridized carbons (Fsp3) is 0. The molecule has 0 radical (unpaired) electrons. The lowest BCUT2D eigenvalue weighted by Crippen LogP contribution is -1.99. The molecule has 80 valence electrons. The number of hydrogen-bond donors (Lipinski definition) is 2. The van der Waals surface area contributed by atoms with Gasteiger partial charge in [-0.25, -0.2) is 14.8 Å². The van der Waals surface area contributed by atoms with Crippen LogP contribution in [0.25, 0.3) is 0 Å². The predicted molar refractivity (Wildman–Crippen MR) is 58.7 cm³/mol. The molecule has 0 saturated heterocycles. The van der Waals surface area contributed by atoms with Gasteiger partial charge in [0.15, 0.2) is 0 Å². The average Bonchev–Trinajstić information content (AvgIpc) is 2.30. The lowest BCUT2D eigenvalue weighted by Gasteiger charge is -2.04. The Morgan fingerprint density at radius 2 is 1.94 bits per heavy atom. The number of anilines is 2. The minimum Gasteiger partial charge on any atom is -0.478 e. The molecule has 0 aliphatic heterocycles. The first-order valence-corrected chi connectivity index (χ1v) is 4.63. The summed E-state index contributed by atoms with van der Waals surface area (Å²) in [5, 5.41) is 11.7. The van der Waals surface area contributed by atoms with Crippen LogP contribution >= 0.6 is 0 Å². The Kier molecular flexibility index (Phi) is 2.77. The first kappa shape index (κ1) is 10.1. The van der Waals surface area contributed by atoms with E-state index in [0.29, 0.717) is 11.6 Å². The van der Waals surface area contributed by atoms with Gasteiger partial charge in [0.1, 0.15) is 0 Å². The van der Waals surface area contributed by atoms with Crippen molar-refractivity contribution in [1.82, 2.24) is 9.97 Å². The molecule has 2 N–H and O–H groups in total. The van der Waals surface area contributed by atoms with Gasteiger partial charge in [-0.2, -0.15) is 0 Å². The molecule has 0 aliphatic rings. The number of aromatic carboxylic acids is 1. The van der Waals surface area contributed by atoms with Crippen LogP contribution in [-0.4, -0.2) is 21.0 Å². The minimum absolute atomic E-state index is 0.223. The Balaban J connectivity index is 2.22. The standard InChI is InChI=1S/C11H9N3O2/c15-10(16)8-3-1-4-9(7-8)14-11-12-5-2-6-13-11/h1-7H,(H,15,16)(H,12,13,14). The fourth-order valence-electron chi connectivity index (χ4n) is 1.22. The number of carboxylic acids is 1. The van der Waals surface area contributed by atoms with E-state index in [2.05, 4.69) is 15.3 Å². The second kappa shape index (κ2) is 4.39. The highest BCUT2D eigenvalue weighted by molar-refractivity contribution is 5.88. The van der Waals surface area contributed by atoms with Gasteiger partial charge in [-0.05, 0) is 24.3 Å². The van der Waals surface area contributed by atoms with Crippen LogP contribution in [0.5, 0.6) is 0 Å². The largest absolute Gasteiger partial charge is 0.478 e. The van der Waals surface area contributed by atoms with Crippen molar-refractivity contribution in [3.63, 3.8) is 0 Å². The highest BCUT2D eigenvalue weighted by atomic mass is 16.4. The Morgan fingerprint density at radius 3 is 2.62 bits per heavy atom. The summed E-state index contributed by atoms with van der Waals surface area (Å²) in [6.07, 6.45) is 3.22. The van der Waals surface area contributed by atoms with Crippen molar-refractivity contribution in [1.29, 1.82) is 0 Å². The van der Waals surface area contributed by atoms with Gasteiger partial charge in [-0.3, -0.25) is 0 Å². The van der Waals surface area contributed by atoms with Crippen molar-refractivity contribution < 1.29 is 9.90 Å². The van der Waals surface area contributed by atoms with Crippen molar-refractivity contribution in [2.45, 2.75) is 0 Å². The molecule has 1 aromatic carbocycles. The van der Waals surface area contributed by atoms with E-state index >= 15 is 0 Å². The third-order valence-corrected chi connectivity index (χ3v) is 1.93. The highest BCUT2D eigenvalue weighted by Crippen LogP contribution is 2.14. The van der Waals surface area contributed by atoms with E-state index < -0.39 is 5.97 Å². The van der Waals surface area contributed by atoms with Crippen LogP contribution in [0, 0.1) is 0 Å². The Morgan fingerprint density at radius 1 is 1.19 bits per heavy atom. The summed E-state index contributed by atoms with van der Waals surface area (Å²) in [6, 6.07) is 8.18. The van der Waals surface area contributed by atoms with E-state index in [-0.39, 0.29) is 5.56 Å². The third kappa shape index (κ3) is 2.33. The van der Waals surface area contributed by atoms with E-state index in [4.69, 9.17) is 5.11 Å². The second-order valence-corrected chi connectivity index (χ2v) is 3.08. The van der Waals surface area contributed by atoms with Gasteiger partial charge < -0.3 is 10.4 Å². The summed E-state index contributed by atoms with van der Waals surface area (Å²) in [5.74, 6) is -0.525. The van der Waals surface area contributed by atoms with Crippen LogP contribution in [0.15, 0.2) is 42.7 Å². The molecule has 1 aromatic heterocycles. The van der Waals surface area contributed by atoms with Crippen LogP contribution < -0.4 is 5.32 Å². The molecule has 0 saturated carbocycles. The number of rotatable bonds is 3. The van der Waals surface area contributed by atoms with Crippen molar-refractivity contribution in [3.05, 3.63) is 48.3 Å². The normalized spacial score (nSPS) is 9.75. The molecule has 0 fully saturated rings. The summed E-state index contributed by atoms with van der Waals surface area (Å²) in [6.45, 7) is 0. The third-order valence-electron chi connectivity index (χ3n) is 1.93. The highest BCUT2D eigenvalue weighted by Gasteiger charge is 2.03. The van der Waals surface area contributed by atoms with Gasteiger partial charge in [-0.1, -0.05) is 6.07 Å². The fourth-order valence-corrected chi connectivity index (χ4v) is 1.22. The van der Waals surface area contributed by atoms with Gasteiger partial charge in [0.05, 0.1) is 5.56 Å². The molecule has 2 aromatic rings. The molecule has 0 spiro atoms. The molecule has 5 nitrogen and oxygen atoms in total. The van der Waals surface area contributed by atoms with Crippen molar-refractivity contribution in [2.24, 2.45) is 0 Å². The number of nitrogens with zero attached hydrogens (tertiary/aromatic N) is 2. The quantitative estimate of drug-likeness (QED) is 0.818. The molecule has 0 amide bonds. The summed E-state index contributed by atoms with van der Waals surface area (Å²) in [5.41, 5.74) is 0.868. The van der Waals surface area contributed by atoms with Crippen molar-refractivity contribution >= 4 is 17.6 Å². The maximum absolute atomic E-state index is 10.7. The van der Waals surface area contributed by atoms with Crippen molar-refractivity contribution in [2.75, 3.05) is 5.32 Å². The van der Waals surface area contributed by atoms with Gasteiger partial charge in [0, 0.05) is 18.1 Å². The van der Waals surface area contributed by atoms with E-state index in [1.807, 2.05) is 0 Å². The van der Waals surface area contributed by atoms with Gasteiger partial charge in [0.2, 0.25) is 5.95 Å². The number of benzene rings is 1. The minimum atomic E-state index is -0.961. The summed E-state index contributed by atoms with van der Waals surface area (Å²) in [7, 11) is 0. The van der Waals surface area contributed by atoms with Gasteiger partial charge in [-0.15, -0.1) is 0 Å². The molecule has 0 aliphatic carbocycles. The monoisotopic (exact) mass is 215 g/mol. The second-order valence-electron chi connectivity index (χ2n) is 3.08. The molecule has 1 heterocycles. The zero-order valence-corrected chi connectivity index (χ0v) is 8.29. The molecular weight excluding hydrogens is 206 g/mol. The lowest BCUT2D eigenvalue weighted by molar-refractivity contribution is 0.0697. The number of nitrogens with one attached hydrogen (secondary N) is 1. The van der Waals surface area contributed by atoms with Crippen LogP contribution in [0.4, 0.5) is 11.6 Å². The average molecular weight is 215 g/mol. The number of aromatic nitrogens is 2. The molecule has 0 atom stereocenters. The van der Waals surface area contributed by atoms with Crippen molar-refractivity contribution in [3.8, 4) is 0 Å². The Bertz CT molecular complexity index is 500. The number of carbonyl (C=O) groups is 1.